The van der Waals surface area contributed by atoms with Gasteiger partial charge in [0.05, 0.1) is 12.0 Å². The van der Waals surface area contributed by atoms with E-state index in [1.807, 2.05) is 49.1 Å². The second-order valence-corrected chi connectivity index (χ2v) is 9.75. The number of hydrogen-bond acceptors (Lipinski definition) is 7. The molecule has 1 aliphatic heterocycles. The lowest BCUT2D eigenvalue weighted by atomic mass is 9.99. The Labute approximate surface area is 218 Å². The number of pyridine rings is 1. The maximum atomic E-state index is 14.5. The van der Waals surface area contributed by atoms with E-state index in [9.17, 15) is 9.18 Å². The van der Waals surface area contributed by atoms with Gasteiger partial charge in [-0.3, -0.25) is 9.69 Å². The van der Waals surface area contributed by atoms with E-state index in [0.29, 0.717) is 55.6 Å². The van der Waals surface area contributed by atoms with Crippen LogP contribution in [0.25, 0.3) is 10.9 Å². The quantitative estimate of drug-likeness (QED) is 0.369. The maximum Gasteiger partial charge on any atom is 0.253 e. The van der Waals surface area contributed by atoms with Crippen LogP contribution in [0.15, 0.2) is 70.1 Å². The molecule has 1 fully saturated rings. The average molecular weight is 514 g/mol. The van der Waals surface area contributed by atoms with E-state index in [1.165, 1.54) is 6.07 Å². The van der Waals surface area contributed by atoms with E-state index in [0.717, 1.165) is 22.0 Å². The van der Waals surface area contributed by atoms with E-state index in [-0.39, 0.29) is 11.4 Å². The van der Waals surface area contributed by atoms with Crippen LogP contribution in [0.5, 0.6) is 0 Å². The van der Waals surface area contributed by atoms with Gasteiger partial charge in [-0.15, -0.1) is 5.10 Å². The number of para-hydroxylation sites is 1. The van der Waals surface area contributed by atoms with E-state index in [1.54, 1.807) is 23.1 Å². The number of H-pyrrole nitrogens is 1. The van der Waals surface area contributed by atoms with E-state index in [4.69, 9.17) is 4.42 Å². The number of anilines is 1. The molecule has 1 N–H and O–H groups in total. The number of aryl methyl sites for hydroxylation is 2. The minimum Gasteiger partial charge on any atom is -0.467 e. The lowest BCUT2D eigenvalue weighted by Gasteiger charge is -2.39. The van der Waals surface area contributed by atoms with Crippen molar-refractivity contribution in [1.82, 2.24) is 30.1 Å². The van der Waals surface area contributed by atoms with Crippen molar-refractivity contribution in [1.29, 1.82) is 0 Å². The van der Waals surface area contributed by atoms with Gasteiger partial charge in [0.2, 0.25) is 0 Å². The fourth-order valence-corrected chi connectivity index (χ4v) is 5.39. The molecule has 0 amide bonds. The third kappa shape index (κ3) is 4.47. The fraction of sp³-hybridized carbons (Fsp3) is 0.286. The number of benzene rings is 2. The molecule has 0 saturated carbocycles. The molecule has 1 aliphatic rings. The zero-order valence-corrected chi connectivity index (χ0v) is 21.3. The zero-order chi connectivity index (χ0) is 26.2. The molecule has 10 heteroatoms. The van der Waals surface area contributed by atoms with Crippen LogP contribution >= 0.6 is 0 Å². The second kappa shape index (κ2) is 9.86. The molecule has 4 heterocycles. The number of aromatic nitrogens is 5. The Morgan fingerprint density at radius 2 is 1.87 bits per heavy atom. The standard InChI is InChI=1S/C28H28FN7O2/c1-18-14-19(2)21-16-22(28(37)30-24(21)15-18)26(27-31-32-33-36(27)17-20-6-5-13-38-20)35-11-9-34(10-12-35)25-8-4-3-7-23(25)29/h3-8,13-16,26H,9-12,17H2,1-2H3,(H,30,37)/t26-/m0/s1. The third-order valence-electron chi connectivity index (χ3n) is 7.20. The van der Waals surface area contributed by atoms with Crippen molar-refractivity contribution in [2.75, 3.05) is 31.1 Å². The minimum atomic E-state index is -0.503. The number of tetrazole rings is 1. The summed E-state index contributed by atoms with van der Waals surface area (Å²) in [5, 5.41) is 13.6. The first kappa shape index (κ1) is 24.1. The second-order valence-electron chi connectivity index (χ2n) is 9.75. The highest BCUT2D eigenvalue weighted by atomic mass is 19.1. The smallest absolute Gasteiger partial charge is 0.253 e. The monoisotopic (exact) mass is 513 g/mol. The van der Waals surface area contributed by atoms with Gasteiger partial charge in [0.15, 0.2) is 5.82 Å². The number of nitrogens with zero attached hydrogens (tertiary/aromatic N) is 6. The van der Waals surface area contributed by atoms with Crippen LogP contribution in [0.2, 0.25) is 0 Å². The van der Waals surface area contributed by atoms with Crippen molar-refractivity contribution in [3.63, 3.8) is 0 Å². The van der Waals surface area contributed by atoms with Gasteiger partial charge in [-0.25, -0.2) is 9.07 Å². The van der Waals surface area contributed by atoms with Crippen molar-refractivity contribution < 1.29 is 8.81 Å². The van der Waals surface area contributed by atoms with Crippen molar-refractivity contribution in [2.45, 2.75) is 26.4 Å². The van der Waals surface area contributed by atoms with Crippen LogP contribution < -0.4 is 10.5 Å². The fourth-order valence-electron chi connectivity index (χ4n) is 5.39. The van der Waals surface area contributed by atoms with Gasteiger partial charge >= 0.3 is 0 Å². The number of fused-ring (bicyclic) bond motifs is 1. The number of aromatic amines is 1. The molecule has 5 aromatic rings. The maximum absolute atomic E-state index is 14.5. The third-order valence-corrected chi connectivity index (χ3v) is 7.20. The Hall–Kier alpha value is -4.31. The molecule has 9 nitrogen and oxygen atoms in total. The first-order chi connectivity index (χ1) is 18.5. The summed E-state index contributed by atoms with van der Waals surface area (Å²) < 4.78 is 21.7. The predicted molar refractivity (Wildman–Crippen MR) is 142 cm³/mol. The molecule has 1 atom stereocenters. The Bertz CT molecular complexity index is 1640. The molecule has 1 saturated heterocycles. The molecule has 0 radical (unpaired) electrons. The number of furan rings is 1. The topological polar surface area (TPSA) is 96.1 Å². The van der Waals surface area contributed by atoms with Gasteiger partial charge < -0.3 is 14.3 Å². The number of nitrogens with one attached hydrogen (secondary N) is 1. The van der Waals surface area contributed by atoms with Crippen molar-refractivity contribution >= 4 is 16.6 Å². The molecule has 3 aromatic heterocycles. The Morgan fingerprint density at radius 3 is 2.63 bits per heavy atom. The van der Waals surface area contributed by atoms with Gasteiger partial charge in [-0.2, -0.15) is 0 Å². The molecule has 0 aliphatic carbocycles. The SMILES string of the molecule is Cc1cc(C)c2cc([C@@H](c3nnnn3Cc3ccco3)N3CCN(c4ccccc4F)CC3)c(=O)[nH]c2c1. The number of rotatable bonds is 6. The van der Waals surface area contributed by atoms with E-state index < -0.39 is 6.04 Å². The lowest BCUT2D eigenvalue weighted by molar-refractivity contribution is 0.199. The van der Waals surface area contributed by atoms with E-state index >= 15 is 0 Å². The Balaban J connectivity index is 1.41. The van der Waals surface area contributed by atoms with Crippen LogP contribution in [0.1, 0.15) is 34.3 Å². The first-order valence-electron chi connectivity index (χ1n) is 12.6. The van der Waals surface area contributed by atoms with Crippen molar-refractivity contribution in [3.05, 3.63) is 105 Å². The summed E-state index contributed by atoms with van der Waals surface area (Å²) in [5.41, 5.74) is 3.93. The van der Waals surface area contributed by atoms with E-state index in [2.05, 4.69) is 31.5 Å². The molecule has 194 valence electrons. The Kier molecular flexibility index (Phi) is 6.24. The summed E-state index contributed by atoms with van der Waals surface area (Å²) in [6.07, 6.45) is 1.61. The molecule has 6 rings (SSSR count). The van der Waals surface area contributed by atoms with Crippen LogP contribution in [0.3, 0.4) is 0 Å². The molecule has 38 heavy (non-hydrogen) atoms. The molecule has 0 unspecified atom stereocenters. The molecular weight excluding hydrogens is 485 g/mol. The normalized spacial score (nSPS) is 15.3. The van der Waals surface area contributed by atoms with Crippen LogP contribution in [-0.4, -0.2) is 56.3 Å². The van der Waals surface area contributed by atoms with Gasteiger partial charge in [-0.1, -0.05) is 18.2 Å². The predicted octanol–water partition coefficient (Wildman–Crippen LogP) is 3.82. The highest BCUT2D eigenvalue weighted by molar-refractivity contribution is 5.83. The lowest BCUT2D eigenvalue weighted by Crippen LogP contribution is -2.49. The summed E-state index contributed by atoms with van der Waals surface area (Å²) in [4.78, 5) is 20.9. The Morgan fingerprint density at radius 1 is 1.05 bits per heavy atom. The molecular formula is C28H28FN7O2. The van der Waals surface area contributed by atoms with Gasteiger partial charge in [-0.05, 0) is 71.8 Å². The van der Waals surface area contributed by atoms with Gasteiger partial charge in [0.1, 0.15) is 24.2 Å². The van der Waals surface area contributed by atoms with Gasteiger partial charge in [0, 0.05) is 42.6 Å². The highest BCUT2D eigenvalue weighted by Crippen LogP contribution is 2.30. The first-order valence-corrected chi connectivity index (χ1v) is 12.6. The van der Waals surface area contributed by atoms with Crippen LogP contribution in [-0.2, 0) is 6.54 Å². The molecule has 2 aromatic carbocycles. The summed E-state index contributed by atoms with van der Waals surface area (Å²) in [5.74, 6) is 1.02. The number of hydrogen-bond donors (Lipinski definition) is 1. The summed E-state index contributed by atoms with van der Waals surface area (Å²) in [6.45, 7) is 6.78. The van der Waals surface area contributed by atoms with Gasteiger partial charge in [0.25, 0.3) is 5.56 Å². The summed E-state index contributed by atoms with van der Waals surface area (Å²) in [6, 6.07) is 16.0. The number of halogens is 1. The number of piperazine rings is 1. The summed E-state index contributed by atoms with van der Waals surface area (Å²) in [7, 11) is 0. The summed E-state index contributed by atoms with van der Waals surface area (Å²) >= 11 is 0. The molecule has 0 spiro atoms. The largest absolute Gasteiger partial charge is 0.467 e. The van der Waals surface area contributed by atoms with Crippen LogP contribution in [0.4, 0.5) is 10.1 Å². The molecule has 0 bridgehead atoms. The van der Waals surface area contributed by atoms with Crippen molar-refractivity contribution in [3.8, 4) is 0 Å². The zero-order valence-electron chi connectivity index (χ0n) is 21.3. The van der Waals surface area contributed by atoms with Crippen molar-refractivity contribution in [2.24, 2.45) is 0 Å². The minimum absolute atomic E-state index is 0.184. The van der Waals surface area contributed by atoms with Crippen LogP contribution in [0, 0.1) is 19.7 Å². The average Bonchev–Trinajstić information content (AvgIpc) is 3.58. The highest BCUT2D eigenvalue weighted by Gasteiger charge is 2.33.